The van der Waals surface area contributed by atoms with E-state index in [0.717, 1.165) is 26.2 Å². The third kappa shape index (κ3) is 2.80. The largest absolute Gasteiger partial charge is 0.224 e. The lowest BCUT2D eigenvalue weighted by Crippen LogP contribution is -1.82. The molecule has 0 atom stereocenters. The monoisotopic (exact) mass is 363 g/mol. The van der Waals surface area contributed by atoms with Gasteiger partial charge in [-0.2, -0.15) is 0 Å². The van der Waals surface area contributed by atoms with E-state index in [1.165, 1.54) is 16.9 Å². The van der Waals surface area contributed by atoms with E-state index in [1.54, 1.807) is 0 Å². The summed E-state index contributed by atoms with van der Waals surface area (Å²) < 4.78 is 1.63. The molecule has 20 heavy (non-hydrogen) atoms. The number of nitrogens with zero attached hydrogens (tertiary/aromatic N) is 1. The highest BCUT2D eigenvalue weighted by atomic mass is 79.9. The Morgan fingerprint density at radius 3 is 2.20 bits per heavy atom. The van der Waals surface area contributed by atoms with Gasteiger partial charge in [0.25, 0.3) is 0 Å². The van der Waals surface area contributed by atoms with Crippen LogP contribution in [0.3, 0.4) is 0 Å². The Kier molecular flexibility index (Phi) is 3.92. The molecule has 0 aliphatic heterocycles. The fourth-order valence-electron chi connectivity index (χ4n) is 2.00. The number of hydrogen-bond donors (Lipinski definition) is 0. The summed E-state index contributed by atoms with van der Waals surface area (Å²) in [6.45, 7) is 2.08. The molecular weight excluding hydrogens is 354 g/mol. The van der Waals surface area contributed by atoms with Gasteiger partial charge in [-0.15, -0.1) is 11.3 Å². The van der Waals surface area contributed by atoms with E-state index < -0.39 is 0 Å². The molecule has 0 saturated heterocycles. The Labute approximate surface area is 135 Å². The molecule has 1 aromatic heterocycles. The number of rotatable bonds is 2. The standard InChI is InChI=1S/C16H11BrClNS/c1-10-2-4-11(5-3-10)14-15(20-16(18)19-14)12-6-8-13(17)9-7-12/h2-9H,1H3. The van der Waals surface area contributed by atoms with Crippen molar-refractivity contribution in [2.75, 3.05) is 0 Å². The molecular formula is C16H11BrClNS. The summed E-state index contributed by atoms with van der Waals surface area (Å²) in [6.07, 6.45) is 0. The van der Waals surface area contributed by atoms with Crippen molar-refractivity contribution >= 4 is 38.9 Å². The zero-order valence-electron chi connectivity index (χ0n) is 10.7. The van der Waals surface area contributed by atoms with Crippen molar-refractivity contribution in [1.82, 2.24) is 4.98 Å². The van der Waals surface area contributed by atoms with E-state index in [4.69, 9.17) is 11.6 Å². The lowest BCUT2D eigenvalue weighted by Gasteiger charge is -2.03. The van der Waals surface area contributed by atoms with E-state index in [9.17, 15) is 0 Å². The maximum atomic E-state index is 6.13. The van der Waals surface area contributed by atoms with Crippen molar-refractivity contribution in [2.24, 2.45) is 0 Å². The van der Waals surface area contributed by atoms with Crippen LogP contribution in [0.4, 0.5) is 0 Å². The van der Waals surface area contributed by atoms with E-state index in [2.05, 4.69) is 64.2 Å². The fourth-order valence-corrected chi connectivity index (χ4v) is 3.40. The van der Waals surface area contributed by atoms with Crippen molar-refractivity contribution in [2.45, 2.75) is 6.92 Å². The molecule has 0 aliphatic rings. The number of hydrogen-bond acceptors (Lipinski definition) is 2. The first-order valence-corrected chi connectivity index (χ1v) is 8.11. The topological polar surface area (TPSA) is 12.9 Å². The normalized spacial score (nSPS) is 10.8. The average molecular weight is 365 g/mol. The quantitative estimate of drug-likeness (QED) is 0.527. The average Bonchev–Trinajstić information content (AvgIpc) is 2.82. The zero-order chi connectivity index (χ0) is 14.1. The number of aromatic nitrogens is 1. The molecule has 0 unspecified atom stereocenters. The van der Waals surface area contributed by atoms with Crippen LogP contribution in [0.25, 0.3) is 21.7 Å². The molecule has 1 nitrogen and oxygen atoms in total. The first kappa shape index (κ1) is 13.8. The molecule has 1 heterocycles. The van der Waals surface area contributed by atoms with Crippen LogP contribution in [-0.4, -0.2) is 4.98 Å². The first-order chi connectivity index (χ1) is 9.63. The highest BCUT2D eigenvalue weighted by Crippen LogP contribution is 2.39. The molecule has 3 rings (SSSR count). The van der Waals surface area contributed by atoms with Crippen molar-refractivity contribution in [1.29, 1.82) is 0 Å². The third-order valence-corrected chi connectivity index (χ3v) is 4.77. The molecule has 0 bridgehead atoms. The molecule has 0 aliphatic carbocycles. The summed E-state index contributed by atoms with van der Waals surface area (Å²) in [5.41, 5.74) is 4.41. The highest BCUT2D eigenvalue weighted by Gasteiger charge is 2.13. The Hall–Kier alpha value is -1.16. The number of aryl methyl sites for hydroxylation is 1. The third-order valence-electron chi connectivity index (χ3n) is 3.03. The van der Waals surface area contributed by atoms with Crippen LogP contribution in [-0.2, 0) is 0 Å². The molecule has 0 N–H and O–H groups in total. The minimum absolute atomic E-state index is 0.568. The molecule has 3 aromatic rings. The van der Waals surface area contributed by atoms with Gasteiger partial charge in [-0.3, -0.25) is 0 Å². The highest BCUT2D eigenvalue weighted by molar-refractivity contribution is 9.10. The summed E-state index contributed by atoms with van der Waals surface area (Å²) in [5, 5.41) is 0. The van der Waals surface area contributed by atoms with Gasteiger partial charge in [0.15, 0.2) is 4.47 Å². The fraction of sp³-hybridized carbons (Fsp3) is 0.0625. The van der Waals surface area contributed by atoms with Gasteiger partial charge < -0.3 is 0 Å². The summed E-state index contributed by atoms with van der Waals surface area (Å²) in [7, 11) is 0. The molecule has 0 fully saturated rings. The molecule has 4 heteroatoms. The van der Waals surface area contributed by atoms with Gasteiger partial charge in [0.05, 0.1) is 10.6 Å². The Balaban J connectivity index is 2.12. The van der Waals surface area contributed by atoms with Crippen LogP contribution in [0.15, 0.2) is 53.0 Å². The summed E-state index contributed by atoms with van der Waals surface area (Å²) in [4.78, 5) is 5.58. The van der Waals surface area contributed by atoms with Crippen LogP contribution in [0.2, 0.25) is 4.47 Å². The van der Waals surface area contributed by atoms with Crippen molar-refractivity contribution in [3.8, 4) is 21.7 Å². The summed E-state index contributed by atoms with van der Waals surface area (Å²) >= 11 is 11.1. The maximum absolute atomic E-state index is 6.13. The molecule has 0 spiro atoms. The van der Waals surface area contributed by atoms with E-state index >= 15 is 0 Å². The smallest absolute Gasteiger partial charge is 0.184 e. The molecule has 0 saturated carbocycles. The Morgan fingerprint density at radius 2 is 1.55 bits per heavy atom. The lowest BCUT2D eigenvalue weighted by molar-refractivity contribution is 1.39. The zero-order valence-corrected chi connectivity index (χ0v) is 13.9. The number of benzene rings is 2. The van der Waals surface area contributed by atoms with Crippen molar-refractivity contribution < 1.29 is 0 Å². The Morgan fingerprint density at radius 1 is 0.950 bits per heavy atom. The van der Waals surface area contributed by atoms with Gasteiger partial charge in [-0.25, -0.2) is 4.98 Å². The number of halogens is 2. The van der Waals surface area contributed by atoms with E-state index in [1.807, 2.05) is 12.1 Å². The van der Waals surface area contributed by atoms with Crippen molar-refractivity contribution in [3.63, 3.8) is 0 Å². The van der Waals surface area contributed by atoms with Gasteiger partial charge in [-0.1, -0.05) is 69.5 Å². The predicted octanol–water partition coefficient (Wildman–Crippen LogP) is 6.20. The SMILES string of the molecule is Cc1ccc(-c2nc(Cl)sc2-c2ccc(Br)cc2)cc1. The van der Waals surface area contributed by atoms with Crippen LogP contribution < -0.4 is 0 Å². The molecule has 2 aromatic carbocycles. The Bertz CT molecular complexity index is 669. The second-order valence-electron chi connectivity index (χ2n) is 4.52. The van der Waals surface area contributed by atoms with Gasteiger partial charge >= 0.3 is 0 Å². The molecule has 0 radical (unpaired) electrons. The lowest BCUT2D eigenvalue weighted by atomic mass is 10.1. The van der Waals surface area contributed by atoms with Crippen LogP contribution in [0.5, 0.6) is 0 Å². The summed E-state index contributed by atoms with van der Waals surface area (Å²) in [5.74, 6) is 0. The maximum Gasteiger partial charge on any atom is 0.184 e. The minimum atomic E-state index is 0.568. The number of thiazole rings is 1. The van der Waals surface area contributed by atoms with E-state index in [0.29, 0.717) is 4.47 Å². The second-order valence-corrected chi connectivity index (χ2v) is 7.01. The van der Waals surface area contributed by atoms with Crippen LogP contribution >= 0.6 is 38.9 Å². The van der Waals surface area contributed by atoms with Gasteiger partial charge in [0.1, 0.15) is 0 Å². The van der Waals surface area contributed by atoms with Gasteiger partial charge in [-0.05, 0) is 24.6 Å². The van der Waals surface area contributed by atoms with Crippen molar-refractivity contribution in [3.05, 3.63) is 63.0 Å². The van der Waals surface area contributed by atoms with E-state index in [-0.39, 0.29) is 0 Å². The summed E-state index contributed by atoms with van der Waals surface area (Å²) in [6, 6.07) is 16.6. The van der Waals surface area contributed by atoms with Crippen LogP contribution in [0.1, 0.15) is 5.56 Å². The predicted molar refractivity (Wildman–Crippen MR) is 90.4 cm³/mol. The molecule has 100 valence electrons. The van der Waals surface area contributed by atoms with Gasteiger partial charge in [0, 0.05) is 10.0 Å². The minimum Gasteiger partial charge on any atom is -0.224 e. The van der Waals surface area contributed by atoms with Crippen LogP contribution in [0, 0.1) is 6.92 Å². The molecule has 0 amide bonds. The second kappa shape index (κ2) is 5.68. The first-order valence-electron chi connectivity index (χ1n) is 6.13. The van der Waals surface area contributed by atoms with Gasteiger partial charge in [0.2, 0.25) is 0 Å².